The minimum atomic E-state index is -0.386. The topological polar surface area (TPSA) is 64.6 Å². The van der Waals surface area contributed by atoms with Gasteiger partial charge in [0.15, 0.2) is 6.61 Å². The lowest BCUT2D eigenvalue weighted by molar-refractivity contribution is -0.118. The van der Waals surface area contributed by atoms with Crippen molar-refractivity contribution >= 4 is 33.5 Å². The fourth-order valence-electron chi connectivity index (χ4n) is 1.87. The number of esters is 1. The second-order valence-corrected chi connectivity index (χ2v) is 6.15. The molecule has 0 radical (unpaired) electrons. The first-order chi connectivity index (χ1) is 11.5. The van der Waals surface area contributed by atoms with E-state index in [1.54, 1.807) is 44.2 Å². The van der Waals surface area contributed by atoms with Crippen LogP contribution < -0.4 is 10.1 Å². The Morgan fingerprint density at radius 2 is 1.75 bits per heavy atom. The van der Waals surface area contributed by atoms with Crippen LogP contribution >= 0.6 is 15.9 Å². The van der Waals surface area contributed by atoms with Gasteiger partial charge in [-0.1, -0.05) is 12.1 Å². The van der Waals surface area contributed by atoms with E-state index in [4.69, 9.17) is 9.47 Å². The minimum absolute atomic E-state index is 0.128. The van der Waals surface area contributed by atoms with Gasteiger partial charge in [-0.15, -0.1) is 0 Å². The van der Waals surface area contributed by atoms with E-state index in [-0.39, 0.29) is 24.6 Å². The third-order valence-corrected chi connectivity index (χ3v) is 3.64. The molecule has 5 nitrogen and oxygen atoms in total. The smallest absolute Gasteiger partial charge is 0.338 e. The fourth-order valence-corrected chi connectivity index (χ4v) is 2.25. The molecule has 0 aliphatic heterocycles. The Hall–Kier alpha value is -2.34. The van der Waals surface area contributed by atoms with E-state index in [1.165, 1.54) is 0 Å². The predicted octanol–water partition coefficient (Wildman–Crippen LogP) is 4.03. The molecule has 0 aliphatic rings. The van der Waals surface area contributed by atoms with Crippen molar-refractivity contribution in [1.82, 2.24) is 0 Å². The average Bonchev–Trinajstić information content (AvgIpc) is 2.55. The van der Waals surface area contributed by atoms with Crippen LogP contribution in [0.1, 0.15) is 24.2 Å². The van der Waals surface area contributed by atoms with Gasteiger partial charge in [0.2, 0.25) is 0 Å². The van der Waals surface area contributed by atoms with Gasteiger partial charge in [0, 0.05) is 4.47 Å². The first kappa shape index (κ1) is 18.0. The molecule has 0 spiro atoms. The monoisotopic (exact) mass is 391 g/mol. The van der Waals surface area contributed by atoms with Crippen LogP contribution in [0.4, 0.5) is 5.69 Å². The highest BCUT2D eigenvalue weighted by Crippen LogP contribution is 2.21. The number of carbonyl (C=O) groups is 2. The van der Waals surface area contributed by atoms with Crippen LogP contribution in [0.2, 0.25) is 0 Å². The Morgan fingerprint density at radius 1 is 1.08 bits per heavy atom. The maximum absolute atomic E-state index is 11.9. The van der Waals surface area contributed by atoms with Gasteiger partial charge in [0.25, 0.3) is 5.91 Å². The quantitative estimate of drug-likeness (QED) is 0.754. The molecule has 0 fully saturated rings. The van der Waals surface area contributed by atoms with E-state index in [0.29, 0.717) is 17.0 Å². The van der Waals surface area contributed by atoms with Crippen molar-refractivity contribution in [2.75, 3.05) is 11.9 Å². The summed E-state index contributed by atoms with van der Waals surface area (Å²) in [4.78, 5) is 23.6. The third-order valence-electron chi connectivity index (χ3n) is 2.95. The molecule has 126 valence electrons. The zero-order valence-electron chi connectivity index (χ0n) is 13.4. The molecule has 2 aromatic rings. The van der Waals surface area contributed by atoms with Crippen LogP contribution in [-0.2, 0) is 9.53 Å². The number of hydrogen-bond donors (Lipinski definition) is 1. The lowest BCUT2D eigenvalue weighted by atomic mass is 10.2. The highest BCUT2D eigenvalue weighted by atomic mass is 79.9. The van der Waals surface area contributed by atoms with Crippen LogP contribution in [0, 0.1) is 0 Å². The summed E-state index contributed by atoms with van der Waals surface area (Å²) in [6.45, 7) is 3.45. The number of halogens is 1. The van der Waals surface area contributed by atoms with E-state index >= 15 is 0 Å². The standard InChI is InChI=1S/C18H18BrNO4/c1-12(2)24-18(22)13-7-9-14(10-8-13)23-11-17(21)20-16-6-4-3-5-15(16)19/h3-10,12H,11H2,1-2H3,(H,20,21). The molecule has 0 bridgehead atoms. The molecule has 0 aromatic heterocycles. The van der Waals surface area contributed by atoms with Crippen molar-refractivity contribution in [2.45, 2.75) is 20.0 Å². The first-order valence-electron chi connectivity index (χ1n) is 7.44. The molecule has 0 heterocycles. The van der Waals surface area contributed by atoms with Crippen LogP contribution in [0.5, 0.6) is 5.75 Å². The van der Waals surface area contributed by atoms with Gasteiger partial charge in [0.1, 0.15) is 5.75 Å². The summed E-state index contributed by atoms with van der Waals surface area (Å²) in [6.07, 6.45) is -0.172. The van der Waals surface area contributed by atoms with Crippen molar-refractivity contribution in [3.63, 3.8) is 0 Å². The summed E-state index contributed by atoms with van der Waals surface area (Å²) >= 11 is 3.36. The molecular weight excluding hydrogens is 374 g/mol. The van der Waals surface area contributed by atoms with Crippen LogP contribution in [0.3, 0.4) is 0 Å². The van der Waals surface area contributed by atoms with Crippen molar-refractivity contribution in [3.05, 3.63) is 58.6 Å². The molecule has 24 heavy (non-hydrogen) atoms. The Balaban J connectivity index is 1.87. The van der Waals surface area contributed by atoms with Gasteiger partial charge in [-0.25, -0.2) is 4.79 Å². The van der Waals surface area contributed by atoms with Gasteiger partial charge >= 0.3 is 5.97 Å². The lowest BCUT2D eigenvalue weighted by Crippen LogP contribution is -2.20. The van der Waals surface area contributed by atoms with Gasteiger partial charge in [-0.2, -0.15) is 0 Å². The molecule has 2 rings (SSSR count). The van der Waals surface area contributed by atoms with E-state index in [0.717, 1.165) is 4.47 Å². The molecular formula is C18H18BrNO4. The van der Waals surface area contributed by atoms with E-state index in [2.05, 4.69) is 21.2 Å². The van der Waals surface area contributed by atoms with Gasteiger partial charge in [0.05, 0.1) is 17.4 Å². The zero-order valence-corrected chi connectivity index (χ0v) is 15.0. The van der Waals surface area contributed by atoms with E-state index in [1.807, 2.05) is 18.2 Å². The summed E-state index contributed by atoms with van der Waals surface area (Å²) in [6, 6.07) is 13.8. The molecule has 0 saturated heterocycles. The Morgan fingerprint density at radius 3 is 2.38 bits per heavy atom. The Bertz CT molecular complexity index is 713. The molecule has 1 amide bonds. The molecule has 0 aliphatic carbocycles. The second kappa shape index (κ2) is 8.49. The Labute approximate surface area is 149 Å². The van der Waals surface area contributed by atoms with Gasteiger partial charge in [-0.3, -0.25) is 4.79 Å². The van der Waals surface area contributed by atoms with E-state index in [9.17, 15) is 9.59 Å². The van der Waals surface area contributed by atoms with Crippen molar-refractivity contribution in [3.8, 4) is 5.75 Å². The molecule has 6 heteroatoms. The zero-order chi connectivity index (χ0) is 17.5. The lowest BCUT2D eigenvalue weighted by Gasteiger charge is -2.10. The summed E-state index contributed by atoms with van der Waals surface area (Å²) < 4.78 is 11.3. The van der Waals surface area contributed by atoms with Crippen molar-refractivity contribution in [1.29, 1.82) is 0 Å². The average molecular weight is 392 g/mol. The Kier molecular flexibility index (Phi) is 6.37. The number of carbonyl (C=O) groups excluding carboxylic acids is 2. The third kappa shape index (κ3) is 5.38. The molecule has 0 unspecified atom stereocenters. The number of para-hydroxylation sites is 1. The van der Waals surface area contributed by atoms with Gasteiger partial charge < -0.3 is 14.8 Å². The molecule has 0 saturated carbocycles. The molecule has 0 atom stereocenters. The summed E-state index contributed by atoms with van der Waals surface area (Å²) in [5.74, 6) is -0.160. The highest BCUT2D eigenvalue weighted by Gasteiger charge is 2.10. The number of hydrogen-bond acceptors (Lipinski definition) is 4. The minimum Gasteiger partial charge on any atom is -0.484 e. The summed E-state index contributed by atoms with van der Waals surface area (Å²) in [5, 5.41) is 2.75. The van der Waals surface area contributed by atoms with Crippen molar-refractivity contribution < 1.29 is 19.1 Å². The van der Waals surface area contributed by atoms with Crippen LogP contribution in [0.15, 0.2) is 53.0 Å². The van der Waals surface area contributed by atoms with Crippen molar-refractivity contribution in [2.24, 2.45) is 0 Å². The van der Waals surface area contributed by atoms with Crippen LogP contribution in [0.25, 0.3) is 0 Å². The number of nitrogens with one attached hydrogen (secondary N) is 1. The maximum Gasteiger partial charge on any atom is 0.338 e. The highest BCUT2D eigenvalue weighted by molar-refractivity contribution is 9.10. The predicted molar refractivity (Wildman–Crippen MR) is 95.3 cm³/mol. The second-order valence-electron chi connectivity index (χ2n) is 5.30. The summed E-state index contributed by atoms with van der Waals surface area (Å²) in [5.41, 5.74) is 1.12. The number of rotatable bonds is 6. The van der Waals surface area contributed by atoms with Crippen LogP contribution in [-0.4, -0.2) is 24.6 Å². The number of anilines is 1. The first-order valence-corrected chi connectivity index (χ1v) is 8.23. The maximum atomic E-state index is 11.9. The molecule has 2 aromatic carbocycles. The van der Waals surface area contributed by atoms with E-state index < -0.39 is 0 Å². The summed E-state index contributed by atoms with van der Waals surface area (Å²) in [7, 11) is 0. The normalized spacial score (nSPS) is 10.3. The number of benzene rings is 2. The number of amides is 1. The largest absolute Gasteiger partial charge is 0.484 e. The molecule has 1 N–H and O–H groups in total. The fraction of sp³-hybridized carbons (Fsp3) is 0.222. The SMILES string of the molecule is CC(C)OC(=O)c1ccc(OCC(=O)Nc2ccccc2Br)cc1. The van der Waals surface area contributed by atoms with Gasteiger partial charge in [-0.05, 0) is 66.2 Å². The number of ether oxygens (including phenoxy) is 2.